The largest absolute Gasteiger partial charge is 0.494 e. The Labute approximate surface area is 330 Å². The lowest BCUT2D eigenvalue weighted by Crippen LogP contribution is -2.21. The highest BCUT2D eigenvalue weighted by molar-refractivity contribution is 6.35. The molecule has 18 nitrogen and oxygen atoms in total. The number of methoxy groups -OCH3 is 2. The SMILES string of the molecule is CNC(=O)c1nnc(Cl)cc1Cl.CNC(=O)c1nnc(Cl)cc1Nc1cccc(-c2nn(C)nc2C)c1OC.COc1c(N)cccc1-c1nn(C)nc1C. The summed E-state index contributed by atoms with van der Waals surface area (Å²) in [5.74, 6) is 0.425. The normalized spacial score (nSPS) is 10.3. The zero-order chi connectivity index (χ0) is 40.4. The van der Waals surface area contributed by atoms with Crippen molar-refractivity contribution in [1.29, 1.82) is 0 Å². The van der Waals surface area contributed by atoms with E-state index in [2.05, 4.69) is 56.7 Å². The molecule has 0 spiro atoms. The first kappa shape index (κ1) is 41.6. The monoisotopic (exact) mass is 810 g/mol. The smallest absolute Gasteiger partial charge is 0.273 e. The third kappa shape index (κ3) is 10.1. The Morgan fingerprint density at radius 1 is 0.673 bits per heavy atom. The molecule has 0 aliphatic rings. The molecular weight excluding hydrogens is 775 g/mol. The van der Waals surface area contributed by atoms with Crippen LogP contribution in [0.15, 0.2) is 48.5 Å². The van der Waals surface area contributed by atoms with Crippen molar-refractivity contribution in [1.82, 2.24) is 61.0 Å². The number of carbonyl (C=O) groups excluding carboxylic acids is 2. The quantitative estimate of drug-likeness (QED) is 0.151. The number of aryl methyl sites for hydroxylation is 4. The van der Waals surface area contributed by atoms with Crippen molar-refractivity contribution in [2.24, 2.45) is 14.1 Å². The van der Waals surface area contributed by atoms with Gasteiger partial charge in [0.1, 0.15) is 11.4 Å². The number of amides is 2. The van der Waals surface area contributed by atoms with Gasteiger partial charge in [-0.3, -0.25) is 9.59 Å². The number of nitrogens with one attached hydrogen (secondary N) is 3. The Kier molecular flexibility index (Phi) is 14.2. The Morgan fingerprint density at radius 3 is 1.65 bits per heavy atom. The first-order valence-corrected chi connectivity index (χ1v) is 17.1. The second-order valence-corrected chi connectivity index (χ2v) is 12.3. The van der Waals surface area contributed by atoms with Crippen LogP contribution in [0.5, 0.6) is 11.5 Å². The van der Waals surface area contributed by atoms with Crippen molar-refractivity contribution in [3.05, 3.63) is 86.6 Å². The van der Waals surface area contributed by atoms with E-state index in [-0.39, 0.29) is 38.5 Å². The maximum absolute atomic E-state index is 12.1. The second-order valence-electron chi connectivity index (χ2n) is 11.1. The fourth-order valence-corrected chi connectivity index (χ4v) is 5.61. The van der Waals surface area contributed by atoms with E-state index in [4.69, 9.17) is 50.0 Å². The van der Waals surface area contributed by atoms with Crippen LogP contribution in [-0.2, 0) is 14.1 Å². The van der Waals surface area contributed by atoms with E-state index in [1.807, 2.05) is 44.2 Å². The van der Waals surface area contributed by atoms with Crippen LogP contribution < -0.4 is 31.2 Å². The average molecular weight is 812 g/mol. The molecule has 2 amide bonds. The topological polar surface area (TPSA) is 228 Å². The minimum atomic E-state index is -0.387. The van der Waals surface area contributed by atoms with Gasteiger partial charge in [0.05, 0.1) is 47.7 Å². The third-order valence-electron chi connectivity index (χ3n) is 7.38. The number of halogens is 3. The summed E-state index contributed by atoms with van der Waals surface area (Å²) in [5.41, 5.74) is 12.4. The molecule has 0 saturated carbocycles. The highest BCUT2D eigenvalue weighted by Gasteiger charge is 2.20. The molecule has 0 saturated heterocycles. The standard InChI is InChI=1S/C17H18ClN7O2.C11H14N4O.C6H5Cl2N3O/c1-9-14(24-25(3)23-9)10-6-5-7-11(16(10)27-4)20-12-8-13(18)21-22-15(12)17(26)19-2;1-7-10(14-15(2)13-7)8-5-4-6-9(12)11(8)16-3;1-9-6(12)5-3(7)2-4(8)10-11-5/h5-8H,1-4H3,(H,19,26)(H,20,21);4-6H,12H2,1-3H3;2H,1H3,(H,9,12). The Morgan fingerprint density at radius 2 is 1.16 bits per heavy atom. The van der Waals surface area contributed by atoms with Crippen LogP contribution in [0, 0.1) is 13.8 Å². The van der Waals surface area contributed by atoms with Gasteiger partial charge in [-0.1, -0.05) is 46.9 Å². The summed E-state index contributed by atoms with van der Waals surface area (Å²) >= 11 is 17.1. The van der Waals surface area contributed by atoms with E-state index in [9.17, 15) is 9.59 Å². The lowest BCUT2D eigenvalue weighted by atomic mass is 10.1. The van der Waals surface area contributed by atoms with Crippen molar-refractivity contribution >= 4 is 63.7 Å². The van der Waals surface area contributed by atoms with Gasteiger partial charge >= 0.3 is 0 Å². The van der Waals surface area contributed by atoms with Crippen molar-refractivity contribution < 1.29 is 19.1 Å². The van der Waals surface area contributed by atoms with E-state index in [0.29, 0.717) is 34.3 Å². The first-order chi connectivity index (χ1) is 26.2. The van der Waals surface area contributed by atoms with Crippen molar-refractivity contribution in [3.8, 4) is 34.0 Å². The molecular formula is C34H37Cl3N14O4. The van der Waals surface area contributed by atoms with Gasteiger partial charge in [-0.25, -0.2) is 0 Å². The minimum absolute atomic E-state index is 0.0727. The molecule has 0 aliphatic carbocycles. The number of ether oxygens (including phenoxy) is 2. The Hall–Kier alpha value is -6.11. The van der Waals surface area contributed by atoms with Crippen molar-refractivity contribution in [2.45, 2.75) is 13.8 Å². The van der Waals surface area contributed by atoms with Gasteiger partial charge in [0, 0.05) is 45.4 Å². The summed E-state index contributed by atoms with van der Waals surface area (Å²) in [6.45, 7) is 3.78. The Balaban J connectivity index is 0.000000203. The van der Waals surface area contributed by atoms with E-state index in [1.165, 1.54) is 35.8 Å². The molecule has 21 heteroatoms. The van der Waals surface area contributed by atoms with Crippen molar-refractivity contribution in [2.75, 3.05) is 39.4 Å². The van der Waals surface area contributed by atoms with Crippen LogP contribution in [0.2, 0.25) is 15.3 Å². The molecule has 6 aromatic rings. The number of rotatable bonds is 8. The molecule has 0 aliphatic heterocycles. The molecule has 0 atom stereocenters. The minimum Gasteiger partial charge on any atom is -0.494 e. The maximum atomic E-state index is 12.1. The van der Waals surface area contributed by atoms with Crippen LogP contribution in [0.3, 0.4) is 0 Å². The van der Waals surface area contributed by atoms with Gasteiger partial charge in [0.2, 0.25) is 0 Å². The fraction of sp³-hybridized carbons (Fsp3) is 0.235. The number of benzene rings is 2. The molecule has 2 aromatic carbocycles. The van der Waals surface area contributed by atoms with Crippen LogP contribution in [0.4, 0.5) is 17.1 Å². The van der Waals surface area contributed by atoms with E-state index >= 15 is 0 Å². The molecule has 6 rings (SSSR count). The molecule has 4 aromatic heterocycles. The molecule has 0 bridgehead atoms. The predicted molar refractivity (Wildman–Crippen MR) is 209 cm³/mol. The third-order valence-corrected chi connectivity index (χ3v) is 8.04. The summed E-state index contributed by atoms with van der Waals surface area (Å²) in [5, 5.41) is 40.4. The number of hydrogen-bond donors (Lipinski definition) is 4. The zero-order valence-corrected chi connectivity index (χ0v) is 33.2. The van der Waals surface area contributed by atoms with Gasteiger partial charge in [-0.2, -0.15) is 30.0 Å². The first-order valence-electron chi connectivity index (χ1n) is 16.0. The van der Waals surface area contributed by atoms with E-state index in [0.717, 1.165) is 28.2 Å². The molecule has 288 valence electrons. The molecule has 55 heavy (non-hydrogen) atoms. The lowest BCUT2D eigenvalue weighted by molar-refractivity contribution is 0.0949. The van der Waals surface area contributed by atoms with Gasteiger partial charge in [0.15, 0.2) is 33.2 Å². The summed E-state index contributed by atoms with van der Waals surface area (Å²) in [6.07, 6.45) is 0. The van der Waals surface area contributed by atoms with Gasteiger partial charge in [0.25, 0.3) is 11.8 Å². The number of anilines is 3. The van der Waals surface area contributed by atoms with Gasteiger partial charge in [-0.05, 0) is 44.2 Å². The predicted octanol–water partition coefficient (Wildman–Crippen LogP) is 4.87. The summed E-state index contributed by atoms with van der Waals surface area (Å²) in [6, 6.07) is 14.0. The number of aromatic nitrogens is 10. The van der Waals surface area contributed by atoms with Crippen LogP contribution in [0.25, 0.3) is 22.5 Å². The van der Waals surface area contributed by atoms with Crippen LogP contribution in [0.1, 0.15) is 32.4 Å². The van der Waals surface area contributed by atoms with E-state index in [1.54, 1.807) is 34.4 Å². The molecule has 5 N–H and O–H groups in total. The average Bonchev–Trinajstić information content (AvgIpc) is 3.68. The van der Waals surface area contributed by atoms with Crippen LogP contribution in [-0.4, -0.2) is 90.5 Å². The number of carbonyl (C=O) groups is 2. The van der Waals surface area contributed by atoms with E-state index < -0.39 is 0 Å². The molecule has 0 radical (unpaired) electrons. The number of nitrogens with two attached hydrogens (primary N) is 1. The Bertz CT molecular complexity index is 2320. The van der Waals surface area contributed by atoms with Gasteiger partial charge < -0.3 is 31.2 Å². The number of nitrogen functional groups attached to an aromatic ring is 1. The van der Waals surface area contributed by atoms with Crippen LogP contribution >= 0.6 is 34.8 Å². The fourth-order valence-electron chi connectivity index (χ4n) is 5.03. The summed E-state index contributed by atoms with van der Waals surface area (Å²) in [7, 11) is 9.70. The highest BCUT2D eigenvalue weighted by atomic mass is 35.5. The lowest BCUT2D eigenvalue weighted by Gasteiger charge is -2.15. The number of para-hydroxylation sites is 2. The number of hydrogen-bond acceptors (Lipinski definition) is 14. The molecule has 4 heterocycles. The maximum Gasteiger partial charge on any atom is 0.273 e. The van der Waals surface area contributed by atoms with Gasteiger partial charge in [-0.15, -0.1) is 20.4 Å². The number of nitrogens with zero attached hydrogens (tertiary/aromatic N) is 10. The molecule has 0 unspecified atom stereocenters. The zero-order valence-electron chi connectivity index (χ0n) is 30.9. The second kappa shape index (κ2) is 18.8. The summed E-state index contributed by atoms with van der Waals surface area (Å²) in [4.78, 5) is 26.1. The molecule has 0 fully saturated rings. The summed E-state index contributed by atoms with van der Waals surface area (Å²) < 4.78 is 10.9. The highest BCUT2D eigenvalue weighted by Crippen LogP contribution is 2.38. The van der Waals surface area contributed by atoms with Crippen molar-refractivity contribution in [3.63, 3.8) is 0 Å².